The van der Waals surface area contributed by atoms with Crippen LogP contribution in [0, 0.1) is 13.8 Å². The minimum atomic E-state index is -1.08. The molecule has 11 nitrogen and oxygen atoms in total. The summed E-state index contributed by atoms with van der Waals surface area (Å²) in [6, 6.07) is 11.3. The third-order valence-corrected chi connectivity index (χ3v) is 7.57. The van der Waals surface area contributed by atoms with Crippen molar-refractivity contribution in [2.45, 2.75) is 45.8 Å². The predicted molar refractivity (Wildman–Crippen MR) is 149 cm³/mol. The van der Waals surface area contributed by atoms with Crippen LogP contribution in [0.2, 0.25) is 0 Å². The van der Waals surface area contributed by atoms with Gasteiger partial charge in [0.05, 0.1) is 22.5 Å². The molecular weight excluding hydrogens is 526 g/mol. The van der Waals surface area contributed by atoms with Gasteiger partial charge < -0.3 is 15.0 Å². The van der Waals surface area contributed by atoms with Gasteiger partial charge in [-0.25, -0.2) is 0 Å². The van der Waals surface area contributed by atoms with Crippen LogP contribution in [-0.4, -0.2) is 58.6 Å². The zero-order chi connectivity index (χ0) is 29.2. The van der Waals surface area contributed by atoms with E-state index in [9.17, 15) is 24.0 Å². The van der Waals surface area contributed by atoms with Gasteiger partial charge in [0.25, 0.3) is 17.7 Å². The van der Waals surface area contributed by atoms with E-state index in [-0.39, 0.29) is 29.9 Å². The summed E-state index contributed by atoms with van der Waals surface area (Å²) in [5.74, 6) is -2.00. The van der Waals surface area contributed by atoms with Gasteiger partial charge in [-0.05, 0) is 69.2 Å². The van der Waals surface area contributed by atoms with Crippen LogP contribution < -0.4 is 20.3 Å². The molecule has 208 valence electrons. The van der Waals surface area contributed by atoms with E-state index >= 15 is 0 Å². The molecule has 2 N–H and O–H groups in total. The van der Waals surface area contributed by atoms with Crippen LogP contribution in [0.3, 0.4) is 0 Å². The van der Waals surface area contributed by atoms with Gasteiger partial charge in [-0.2, -0.15) is 0 Å². The number of imide groups is 2. The molecule has 2 atom stereocenters. The Balaban J connectivity index is 1.46. The first-order valence-corrected chi connectivity index (χ1v) is 13.2. The highest BCUT2D eigenvalue weighted by molar-refractivity contribution is 6.25. The minimum absolute atomic E-state index is 0.0328. The van der Waals surface area contributed by atoms with Crippen LogP contribution in [0.15, 0.2) is 42.5 Å². The molecule has 0 bridgehead atoms. The average Bonchev–Trinajstić information content (AvgIpc) is 3.17. The Bertz CT molecular complexity index is 1680. The van der Waals surface area contributed by atoms with Gasteiger partial charge >= 0.3 is 0 Å². The van der Waals surface area contributed by atoms with Crippen molar-refractivity contribution in [2.75, 3.05) is 17.3 Å². The van der Waals surface area contributed by atoms with Gasteiger partial charge in [0.2, 0.25) is 11.8 Å². The van der Waals surface area contributed by atoms with Gasteiger partial charge in [0.15, 0.2) is 6.10 Å². The van der Waals surface area contributed by atoms with E-state index in [2.05, 4.69) is 15.6 Å². The molecule has 5 amide bonds. The molecule has 0 radical (unpaired) electrons. The van der Waals surface area contributed by atoms with Gasteiger partial charge in [-0.1, -0.05) is 6.07 Å². The van der Waals surface area contributed by atoms with E-state index in [1.54, 1.807) is 32.2 Å². The first-order valence-electron chi connectivity index (χ1n) is 13.2. The molecule has 1 saturated heterocycles. The number of benzene rings is 2. The second-order valence-electron chi connectivity index (χ2n) is 10.5. The standard InChI is InChI=1S/C30H27N5O6/c1-14-10-17(11-15(2)31-14)19-12-24-23(34(4)28(38)16(3)41-24)13-21(19)32-20-7-5-6-18-26(20)30(40)35(29(18)39)22-8-9-25(36)33-27(22)37/h5-7,10-13,16,22,32H,8-9H2,1-4H3,(H,33,36,37)/t16-,22+/m1/s1. The maximum absolute atomic E-state index is 13.7. The number of hydrogen-bond acceptors (Lipinski definition) is 8. The fourth-order valence-corrected chi connectivity index (χ4v) is 5.65. The fourth-order valence-electron chi connectivity index (χ4n) is 5.65. The molecule has 0 unspecified atom stereocenters. The van der Waals surface area contributed by atoms with Gasteiger partial charge in [0.1, 0.15) is 11.8 Å². The highest BCUT2D eigenvalue weighted by Gasteiger charge is 2.45. The monoisotopic (exact) mass is 553 g/mol. The topological polar surface area (TPSA) is 138 Å². The van der Waals surface area contributed by atoms with Crippen LogP contribution in [0.25, 0.3) is 11.1 Å². The summed E-state index contributed by atoms with van der Waals surface area (Å²) in [7, 11) is 1.67. The quantitative estimate of drug-likeness (QED) is 0.470. The van der Waals surface area contributed by atoms with Crippen molar-refractivity contribution in [3.8, 4) is 16.9 Å². The Morgan fingerprint density at radius 3 is 2.39 bits per heavy atom. The highest BCUT2D eigenvalue weighted by Crippen LogP contribution is 2.44. The Morgan fingerprint density at radius 1 is 0.951 bits per heavy atom. The Labute approximate surface area is 235 Å². The Hall–Kier alpha value is -5.06. The summed E-state index contributed by atoms with van der Waals surface area (Å²) in [6.07, 6.45) is -0.558. The second kappa shape index (κ2) is 9.54. The molecule has 4 heterocycles. The Morgan fingerprint density at radius 2 is 1.68 bits per heavy atom. The molecule has 41 heavy (non-hydrogen) atoms. The van der Waals surface area contributed by atoms with Crippen molar-refractivity contribution in [1.29, 1.82) is 0 Å². The van der Waals surface area contributed by atoms with E-state index in [1.807, 2.05) is 32.0 Å². The van der Waals surface area contributed by atoms with Crippen LogP contribution in [0.1, 0.15) is 51.9 Å². The zero-order valence-electron chi connectivity index (χ0n) is 22.9. The van der Waals surface area contributed by atoms with Crippen molar-refractivity contribution < 1.29 is 28.7 Å². The summed E-state index contributed by atoms with van der Waals surface area (Å²) in [4.78, 5) is 70.9. The number of amides is 5. The van der Waals surface area contributed by atoms with Gasteiger partial charge in [-0.15, -0.1) is 0 Å². The lowest BCUT2D eigenvalue weighted by Crippen LogP contribution is -2.54. The van der Waals surface area contributed by atoms with E-state index in [4.69, 9.17) is 4.74 Å². The molecule has 1 fully saturated rings. The highest BCUT2D eigenvalue weighted by atomic mass is 16.5. The molecule has 2 aromatic carbocycles. The third kappa shape index (κ3) is 4.30. The summed E-state index contributed by atoms with van der Waals surface area (Å²) in [5.41, 5.74) is 4.96. The molecule has 0 saturated carbocycles. The van der Waals surface area contributed by atoms with Crippen molar-refractivity contribution in [1.82, 2.24) is 15.2 Å². The number of carbonyl (C=O) groups is 5. The number of ether oxygens (including phenoxy) is 1. The number of rotatable bonds is 4. The number of anilines is 3. The van der Waals surface area contributed by atoms with E-state index in [0.29, 0.717) is 22.8 Å². The maximum Gasteiger partial charge on any atom is 0.267 e. The third-order valence-electron chi connectivity index (χ3n) is 7.57. The molecule has 1 aromatic heterocycles. The lowest BCUT2D eigenvalue weighted by atomic mass is 9.99. The van der Waals surface area contributed by atoms with Crippen LogP contribution in [0.5, 0.6) is 5.75 Å². The van der Waals surface area contributed by atoms with Crippen molar-refractivity contribution in [3.63, 3.8) is 0 Å². The van der Waals surface area contributed by atoms with Gasteiger partial charge in [-0.3, -0.25) is 39.2 Å². The lowest BCUT2D eigenvalue weighted by Gasteiger charge is -2.31. The van der Waals surface area contributed by atoms with Crippen molar-refractivity contribution in [3.05, 3.63) is 65.0 Å². The summed E-state index contributed by atoms with van der Waals surface area (Å²) < 4.78 is 5.94. The van der Waals surface area contributed by atoms with Gasteiger partial charge in [0, 0.05) is 36.1 Å². The van der Waals surface area contributed by atoms with Crippen LogP contribution >= 0.6 is 0 Å². The first kappa shape index (κ1) is 26.2. The molecule has 0 spiro atoms. The van der Waals surface area contributed by atoms with Crippen molar-refractivity contribution in [2.24, 2.45) is 0 Å². The van der Waals surface area contributed by atoms with Crippen LogP contribution in [-0.2, 0) is 14.4 Å². The molecule has 3 aliphatic heterocycles. The number of nitrogens with zero attached hydrogens (tertiary/aromatic N) is 3. The number of hydrogen-bond donors (Lipinski definition) is 2. The lowest BCUT2D eigenvalue weighted by molar-refractivity contribution is -0.136. The van der Waals surface area contributed by atoms with Crippen LogP contribution in [0.4, 0.5) is 17.1 Å². The smallest absolute Gasteiger partial charge is 0.267 e. The number of likely N-dealkylation sites (N-methyl/N-ethyl adjacent to an activating group) is 1. The summed E-state index contributed by atoms with van der Waals surface area (Å²) in [6.45, 7) is 5.48. The number of pyridine rings is 1. The largest absolute Gasteiger partial charge is 0.479 e. The molecule has 0 aliphatic carbocycles. The molecule has 3 aromatic rings. The minimum Gasteiger partial charge on any atom is -0.479 e. The number of nitrogens with one attached hydrogen (secondary N) is 2. The van der Waals surface area contributed by atoms with E-state index in [0.717, 1.165) is 27.4 Å². The van der Waals surface area contributed by atoms with E-state index in [1.165, 1.54) is 11.0 Å². The fraction of sp³-hybridized carbons (Fsp3) is 0.267. The average molecular weight is 554 g/mol. The number of aromatic nitrogens is 1. The predicted octanol–water partition coefficient (Wildman–Crippen LogP) is 3.25. The number of fused-ring (bicyclic) bond motifs is 2. The number of carbonyl (C=O) groups excluding carboxylic acids is 5. The number of aryl methyl sites for hydroxylation is 2. The zero-order valence-corrected chi connectivity index (χ0v) is 22.9. The second-order valence-corrected chi connectivity index (χ2v) is 10.5. The summed E-state index contributed by atoms with van der Waals surface area (Å²) in [5, 5.41) is 5.55. The first-order chi connectivity index (χ1) is 19.5. The molecule has 3 aliphatic rings. The normalized spacial score (nSPS) is 20.0. The molecular formula is C30H27N5O6. The SMILES string of the molecule is Cc1cc(-c2cc3c(cc2Nc2cccc4c2C(=O)N([C@H]2CCC(=O)NC2=O)C4=O)N(C)C(=O)[C@@H](C)O3)cc(C)n1. The Kier molecular flexibility index (Phi) is 6.09. The molecule has 6 rings (SSSR count). The maximum atomic E-state index is 13.7. The van der Waals surface area contributed by atoms with Crippen molar-refractivity contribution >= 4 is 46.6 Å². The van der Waals surface area contributed by atoms with E-state index < -0.39 is 35.8 Å². The number of piperidine rings is 1. The summed E-state index contributed by atoms with van der Waals surface area (Å²) >= 11 is 0. The molecule has 11 heteroatoms.